The molecule has 0 unspecified atom stereocenters. The number of amides is 1. The molecule has 2 heterocycles. The average Bonchev–Trinajstić information content (AvgIpc) is 3.37. The van der Waals surface area contributed by atoms with E-state index in [0.717, 1.165) is 11.6 Å². The highest BCUT2D eigenvalue weighted by atomic mass is 79.9. The minimum atomic E-state index is -0.485. The molecule has 2 aromatic carbocycles. The van der Waals surface area contributed by atoms with E-state index in [1.165, 1.54) is 18.2 Å². The second-order valence-corrected chi connectivity index (χ2v) is 8.93. The molecule has 1 amide bonds. The molecule has 0 radical (unpaired) electrons. The topological polar surface area (TPSA) is 69.3 Å². The molecule has 0 spiro atoms. The summed E-state index contributed by atoms with van der Waals surface area (Å²) in [4.78, 5) is 12.6. The minimum Gasteiger partial charge on any atom is -0.484 e. The number of benzene rings is 2. The van der Waals surface area contributed by atoms with Crippen LogP contribution in [0.15, 0.2) is 63.6 Å². The minimum absolute atomic E-state index is 0.0145. The van der Waals surface area contributed by atoms with Crippen molar-refractivity contribution in [1.82, 2.24) is 9.78 Å². The summed E-state index contributed by atoms with van der Waals surface area (Å²) in [7, 11) is 0. The number of nitrogens with zero attached hydrogens (tertiary/aromatic N) is 2. The fraction of sp³-hybridized carbons (Fsp3) is 0.0909. The second-order valence-electron chi connectivity index (χ2n) is 6.86. The van der Waals surface area contributed by atoms with Crippen LogP contribution in [0.4, 0.5) is 10.2 Å². The highest BCUT2D eigenvalue weighted by Gasteiger charge is 2.16. The fourth-order valence-corrected chi connectivity index (χ4v) is 3.83. The van der Waals surface area contributed by atoms with E-state index in [1.54, 1.807) is 29.1 Å². The van der Waals surface area contributed by atoms with Crippen LogP contribution >= 0.6 is 50.7 Å². The van der Waals surface area contributed by atoms with Crippen molar-refractivity contribution in [2.45, 2.75) is 13.2 Å². The lowest BCUT2D eigenvalue weighted by Gasteiger charge is -2.06. The number of rotatable bonds is 7. The summed E-state index contributed by atoms with van der Waals surface area (Å²) in [5.74, 6) is 0.148. The van der Waals surface area contributed by atoms with Gasteiger partial charge in [-0.05, 0) is 64.0 Å². The van der Waals surface area contributed by atoms with Crippen molar-refractivity contribution < 1.29 is 18.3 Å². The number of ether oxygens (including phenoxy) is 1. The molecule has 0 atom stereocenters. The molecule has 2 aromatic heterocycles. The van der Waals surface area contributed by atoms with Crippen LogP contribution in [-0.4, -0.2) is 15.7 Å². The van der Waals surface area contributed by atoms with Crippen molar-refractivity contribution >= 4 is 62.5 Å². The first-order valence-corrected chi connectivity index (χ1v) is 11.4. The maximum atomic E-state index is 13.1. The highest BCUT2D eigenvalue weighted by Crippen LogP contribution is 2.27. The summed E-state index contributed by atoms with van der Waals surface area (Å²) in [6.07, 6.45) is 1.73. The molecular formula is C22H14BrCl3FN3O3. The number of hydrogen-bond acceptors (Lipinski definition) is 4. The first-order valence-electron chi connectivity index (χ1n) is 9.43. The van der Waals surface area contributed by atoms with Crippen LogP contribution in [-0.2, 0) is 13.2 Å². The van der Waals surface area contributed by atoms with Crippen LogP contribution in [0.5, 0.6) is 5.75 Å². The molecule has 33 heavy (non-hydrogen) atoms. The summed E-state index contributed by atoms with van der Waals surface area (Å²) in [6.45, 7) is 0.445. The first-order chi connectivity index (χ1) is 15.8. The number of carbonyl (C=O) groups is 1. The van der Waals surface area contributed by atoms with Crippen LogP contribution in [0.2, 0.25) is 15.1 Å². The molecule has 6 nitrogen and oxygen atoms in total. The van der Waals surface area contributed by atoms with E-state index in [9.17, 15) is 9.18 Å². The quantitative estimate of drug-likeness (QED) is 0.254. The van der Waals surface area contributed by atoms with Crippen molar-refractivity contribution in [3.8, 4) is 5.75 Å². The highest BCUT2D eigenvalue weighted by molar-refractivity contribution is 9.10. The van der Waals surface area contributed by atoms with Gasteiger partial charge in [0.15, 0.2) is 11.6 Å². The Morgan fingerprint density at radius 2 is 1.91 bits per heavy atom. The van der Waals surface area contributed by atoms with Gasteiger partial charge in [0.2, 0.25) is 0 Å². The fourth-order valence-electron chi connectivity index (χ4n) is 2.88. The third kappa shape index (κ3) is 5.89. The molecule has 0 saturated heterocycles. The van der Waals surface area contributed by atoms with E-state index in [1.807, 2.05) is 6.07 Å². The Bertz CT molecular complexity index is 1330. The van der Waals surface area contributed by atoms with E-state index in [2.05, 4.69) is 26.3 Å². The molecule has 11 heteroatoms. The van der Waals surface area contributed by atoms with Crippen LogP contribution in [0.1, 0.15) is 21.9 Å². The molecule has 4 rings (SSSR count). The maximum absolute atomic E-state index is 13.1. The molecule has 0 aliphatic rings. The van der Waals surface area contributed by atoms with Crippen LogP contribution < -0.4 is 10.1 Å². The van der Waals surface area contributed by atoms with Crippen molar-refractivity contribution in [1.29, 1.82) is 0 Å². The first kappa shape index (κ1) is 23.6. The maximum Gasteiger partial charge on any atom is 0.292 e. The number of halogens is 5. The van der Waals surface area contributed by atoms with Gasteiger partial charge in [-0.3, -0.25) is 9.48 Å². The van der Waals surface area contributed by atoms with Gasteiger partial charge in [-0.2, -0.15) is 5.10 Å². The van der Waals surface area contributed by atoms with E-state index < -0.39 is 11.7 Å². The Kier molecular flexibility index (Phi) is 7.29. The number of carbonyl (C=O) groups excluding carboxylic acids is 1. The van der Waals surface area contributed by atoms with Crippen LogP contribution in [0.25, 0.3) is 0 Å². The zero-order chi connectivity index (χ0) is 23.5. The van der Waals surface area contributed by atoms with Gasteiger partial charge < -0.3 is 14.5 Å². The smallest absolute Gasteiger partial charge is 0.292 e. The van der Waals surface area contributed by atoms with E-state index in [-0.39, 0.29) is 17.4 Å². The van der Waals surface area contributed by atoms with Crippen molar-refractivity contribution in [2.75, 3.05) is 5.32 Å². The van der Waals surface area contributed by atoms with Gasteiger partial charge in [-0.15, -0.1) is 0 Å². The van der Waals surface area contributed by atoms with E-state index in [0.29, 0.717) is 38.4 Å². The number of hydrogen-bond donors (Lipinski definition) is 1. The van der Waals surface area contributed by atoms with Gasteiger partial charge in [0.05, 0.1) is 26.1 Å². The monoisotopic (exact) mass is 571 g/mol. The molecule has 170 valence electrons. The number of furan rings is 1. The van der Waals surface area contributed by atoms with Gasteiger partial charge in [0.25, 0.3) is 5.91 Å². The number of nitrogens with one attached hydrogen (secondary N) is 1. The molecular weight excluding hydrogens is 560 g/mol. The Hall–Kier alpha value is -2.52. The van der Waals surface area contributed by atoms with Crippen LogP contribution in [0, 0.1) is 5.82 Å². The van der Waals surface area contributed by atoms with Crippen molar-refractivity contribution in [2.24, 2.45) is 0 Å². The standard InChI is InChI=1S/C22H14BrCl3FN3O3/c23-15-10-30(9-12-1-4-16(24)17(25)7-12)29-21(15)28-22(31)20-6-3-14(33-20)11-32-19-5-2-13(27)8-18(19)26/h1-8,10H,9,11H2,(H,28,29,31). The van der Waals surface area contributed by atoms with Gasteiger partial charge in [0, 0.05) is 6.20 Å². The molecule has 0 aliphatic heterocycles. The van der Waals surface area contributed by atoms with Gasteiger partial charge >= 0.3 is 0 Å². The van der Waals surface area contributed by atoms with E-state index >= 15 is 0 Å². The van der Waals surface area contributed by atoms with Gasteiger partial charge in [-0.25, -0.2) is 4.39 Å². The van der Waals surface area contributed by atoms with E-state index in [4.69, 9.17) is 44.0 Å². The Morgan fingerprint density at radius 1 is 1.09 bits per heavy atom. The average molecular weight is 574 g/mol. The molecule has 4 aromatic rings. The molecule has 1 N–H and O–H groups in total. The normalized spacial score (nSPS) is 10.9. The van der Waals surface area contributed by atoms with Crippen LogP contribution in [0.3, 0.4) is 0 Å². The summed E-state index contributed by atoms with van der Waals surface area (Å²) >= 11 is 21.3. The Balaban J connectivity index is 1.38. The zero-order valence-corrected chi connectivity index (χ0v) is 20.5. The molecule has 0 saturated carbocycles. The van der Waals surface area contributed by atoms with Gasteiger partial charge in [-0.1, -0.05) is 40.9 Å². The third-order valence-corrected chi connectivity index (χ3v) is 6.04. The lowest BCUT2D eigenvalue weighted by atomic mass is 10.2. The van der Waals surface area contributed by atoms with Gasteiger partial charge in [0.1, 0.15) is 23.9 Å². The predicted molar refractivity (Wildman–Crippen MR) is 128 cm³/mol. The SMILES string of the molecule is O=C(Nc1nn(Cc2ccc(Cl)c(Cl)c2)cc1Br)c1ccc(COc2ccc(F)cc2Cl)o1. The predicted octanol–water partition coefficient (Wildman–Crippen LogP) is 7.22. The second kappa shape index (κ2) is 10.2. The Morgan fingerprint density at radius 3 is 2.67 bits per heavy atom. The summed E-state index contributed by atoms with van der Waals surface area (Å²) in [5, 5.41) is 8.13. The van der Waals surface area contributed by atoms with Crippen molar-refractivity contribution in [3.05, 3.63) is 97.2 Å². The largest absolute Gasteiger partial charge is 0.484 e. The number of anilines is 1. The lowest BCUT2D eigenvalue weighted by molar-refractivity contribution is 0.0992. The molecule has 0 bridgehead atoms. The Labute approximate surface area is 211 Å². The van der Waals surface area contributed by atoms with Crippen molar-refractivity contribution in [3.63, 3.8) is 0 Å². The molecule has 0 fully saturated rings. The molecule has 0 aliphatic carbocycles. The summed E-state index contributed by atoms with van der Waals surface area (Å²) in [5.41, 5.74) is 0.897. The summed E-state index contributed by atoms with van der Waals surface area (Å²) < 4.78 is 26.4. The lowest BCUT2D eigenvalue weighted by Crippen LogP contribution is -2.12. The third-order valence-electron chi connectivity index (χ3n) is 4.43. The number of aromatic nitrogens is 2. The summed E-state index contributed by atoms with van der Waals surface area (Å²) in [6, 6.07) is 12.2. The zero-order valence-electron chi connectivity index (χ0n) is 16.6.